The van der Waals surface area contributed by atoms with Gasteiger partial charge in [-0.05, 0) is 13.3 Å². The zero-order chi connectivity index (χ0) is 17.4. The Labute approximate surface area is 137 Å². The van der Waals surface area contributed by atoms with Crippen molar-refractivity contribution in [2.75, 3.05) is 0 Å². The van der Waals surface area contributed by atoms with Gasteiger partial charge in [-0.3, -0.25) is 4.79 Å². The van der Waals surface area contributed by atoms with Crippen LogP contribution in [-0.4, -0.2) is 63.2 Å². The largest absolute Gasteiger partial charge is 0.481 e. The molecular formula is C16H30O7. The Morgan fingerprint density at radius 2 is 1.74 bits per heavy atom. The van der Waals surface area contributed by atoms with Crippen LogP contribution in [0.2, 0.25) is 0 Å². The van der Waals surface area contributed by atoms with Gasteiger partial charge in [0, 0.05) is 0 Å². The zero-order valence-electron chi connectivity index (χ0n) is 13.9. The molecule has 1 aliphatic rings. The predicted octanol–water partition coefficient (Wildman–Crippen LogP) is 1.03. The average Bonchev–Trinajstić information content (AvgIpc) is 2.49. The van der Waals surface area contributed by atoms with Crippen molar-refractivity contribution < 1.29 is 34.7 Å². The second kappa shape index (κ2) is 10.2. The highest BCUT2D eigenvalue weighted by Gasteiger charge is 2.43. The molecule has 1 rings (SSSR count). The average molecular weight is 334 g/mol. The molecule has 4 N–H and O–H groups in total. The number of aliphatic hydroxyl groups is 3. The maximum Gasteiger partial charge on any atom is 0.305 e. The quantitative estimate of drug-likeness (QED) is 0.441. The molecule has 6 atom stereocenters. The number of carboxylic acids is 1. The Bertz CT molecular complexity index is 349. The van der Waals surface area contributed by atoms with Gasteiger partial charge in [0.25, 0.3) is 0 Å². The van der Waals surface area contributed by atoms with Crippen molar-refractivity contribution in [3.8, 4) is 0 Å². The fourth-order valence-corrected chi connectivity index (χ4v) is 2.70. The van der Waals surface area contributed by atoms with Gasteiger partial charge in [0.15, 0.2) is 6.29 Å². The normalized spacial score (nSPS) is 32.7. The summed E-state index contributed by atoms with van der Waals surface area (Å²) in [5.74, 6) is -0.984. The minimum atomic E-state index is -1.41. The van der Waals surface area contributed by atoms with Crippen molar-refractivity contribution in [3.63, 3.8) is 0 Å². The molecule has 23 heavy (non-hydrogen) atoms. The Morgan fingerprint density at radius 1 is 1.09 bits per heavy atom. The van der Waals surface area contributed by atoms with Crippen molar-refractivity contribution in [1.29, 1.82) is 0 Å². The standard InChI is InChI=1S/C16H30O7/c1-3-4-5-6-7-8-11(9-12(17)18)23-16-15(21)14(20)13(19)10(2)22-16/h10-11,13-16,19-21H,3-9H2,1-2H3,(H,17,18)/t10-,11?,13-,14+,15+,16?/m0/s1. The molecule has 0 amide bonds. The third-order valence-corrected chi connectivity index (χ3v) is 4.17. The van der Waals surface area contributed by atoms with Crippen LogP contribution in [0, 0.1) is 0 Å². The number of hydrogen-bond acceptors (Lipinski definition) is 6. The van der Waals surface area contributed by atoms with Gasteiger partial charge in [0.1, 0.15) is 18.3 Å². The summed E-state index contributed by atoms with van der Waals surface area (Å²) in [4.78, 5) is 11.0. The third-order valence-electron chi connectivity index (χ3n) is 4.17. The highest BCUT2D eigenvalue weighted by molar-refractivity contribution is 5.67. The lowest BCUT2D eigenvalue weighted by Gasteiger charge is -2.40. The fourth-order valence-electron chi connectivity index (χ4n) is 2.70. The van der Waals surface area contributed by atoms with Gasteiger partial charge in [-0.15, -0.1) is 0 Å². The number of aliphatic carboxylic acids is 1. The summed E-state index contributed by atoms with van der Waals surface area (Å²) in [6.45, 7) is 3.69. The summed E-state index contributed by atoms with van der Waals surface area (Å²) in [5.41, 5.74) is 0. The van der Waals surface area contributed by atoms with Gasteiger partial charge in [-0.1, -0.05) is 39.0 Å². The molecule has 0 aromatic heterocycles. The second-order valence-electron chi connectivity index (χ2n) is 6.24. The molecule has 7 heteroatoms. The lowest BCUT2D eigenvalue weighted by Crippen LogP contribution is -2.58. The molecule has 2 unspecified atom stereocenters. The van der Waals surface area contributed by atoms with Crippen molar-refractivity contribution in [1.82, 2.24) is 0 Å². The van der Waals surface area contributed by atoms with E-state index in [4.69, 9.17) is 14.6 Å². The molecule has 136 valence electrons. The zero-order valence-corrected chi connectivity index (χ0v) is 13.9. The third kappa shape index (κ3) is 6.73. The number of hydrogen-bond donors (Lipinski definition) is 4. The summed E-state index contributed by atoms with van der Waals surface area (Å²) < 4.78 is 10.9. The minimum absolute atomic E-state index is 0.187. The SMILES string of the molecule is CCCCCCCC(CC(=O)O)OC1O[C@@H](C)[C@H](O)[C@@H](O)[C@H]1O. The maximum atomic E-state index is 11.0. The van der Waals surface area contributed by atoms with Gasteiger partial charge in [0.05, 0.1) is 18.6 Å². The lowest BCUT2D eigenvalue weighted by atomic mass is 9.99. The van der Waals surface area contributed by atoms with E-state index in [2.05, 4.69) is 6.92 Å². The summed E-state index contributed by atoms with van der Waals surface area (Å²) in [6.07, 6.45) is -0.829. The van der Waals surface area contributed by atoms with E-state index >= 15 is 0 Å². The van der Waals surface area contributed by atoms with E-state index in [1.54, 1.807) is 6.92 Å². The van der Waals surface area contributed by atoms with Gasteiger partial charge in [0.2, 0.25) is 0 Å². The van der Waals surface area contributed by atoms with Crippen molar-refractivity contribution in [3.05, 3.63) is 0 Å². The molecule has 7 nitrogen and oxygen atoms in total. The first-order valence-corrected chi connectivity index (χ1v) is 8.43. The monoisotopic (exact) mass is 334 g/mol. The van der Waals surface area contributed by atoms with Crippen LogP contribution in [0.3, 0.4) is 0 Å². The molecule has 1 saturated heterocycles. The summed E-state index contributed by atoms with van der Waals surface area (Å²) in [5, 5.41) is 38.4. The van der Waals surface area contributed by atoms with Gasteiger partial charge < -0.3 is 29.9 Å². The molecule has 0 aromatic rings. The number of rotatable bonds is 10. The molecule has 1 fully saturated rings. The highest BCUT2D eigenvalue weighted by Crippen LogP contribution is 2.24. The summed E-state index contributed by atoms with van der Waals surface area (Å²) in [6, 6.07) is 0. The molecule has 0 saturated carbocycles. The van der Waals surface area contributed by atoms with E-state index < -0.39 is 42.8 Å². The second-order valence-corrected chi connectivity index (χ2v) is 6.24. The van der Waals surface area contributed by atoms with Crippen LogP contribution < -0.4 is 0 Å². The fraction of sp³-hybridized carbons (Fsp3) is 0.938. The highest BCUT2D eigenvalue weighted by atomic mass is 16.7. The van der Waals surface area contributed by atoms with Crippen LogP contribution in [0.5, 0.6) is 0 Å². The van der Waals surface area contributed by atoms with Crippen molar-refractivity contribution in [2.24, 2.45) is 0 Å². The molecule has 0 aromatic carbocycles. The minimum Gasteiger partial charge on any atom is -0.481 e. The Kier molecular flexibility index (Phi) is 9.01. The number of carboxylic acid groups (broad SMARTS) is 1. The van der Waals surface area contributed by atoms with Crippen LogP contribution in [-0.2, 0) is 14.3 Å². The Balaban J connectivity index is 2.52. The molecule has 0 radical (unpaired) electrons. The molecule has 1 aliphatic heterocycles. The van der Waals surface area contributed by atoms with Crippen molar-refractivity contribution in [2.45, 2.75) is 95.6 Å². The molecule has 0 aliphatic carbocycles. The van der Waals surface area contributed by atoms with Gasteiger partial charge in [-0.2, -0.15) is 0 Å². The molecule has 0 spiro atoms. The predicted molar refractivity (Wildman–Crippen MR) is 82.9 cm³/mol. The van der Waals surface area contributed by atoms with E-state index in [0.29, 0.717) is 6.42 Å². The number of unbranched alkanes of at least 4 members (excludes halogenated alkanes) is 4. The number of carbonyl (C=O) groups is 1. The van der Waals surface area contributed by atoms with E-state index in [9.17, 15) is 20.1 Å². The molecule has 1 heterocycles. The molecule has 0 bridgehead atoms. The Morgan fingerprint density at radius 3 is 2.35 bits per heavy atom. The van der Waals surface area contributed by atoms with E-state index in [0.717, 1.165) is 32.1 Å². The smallest absolute Gasteiger partial charge is 0.305 e. The first-order chi connectivity index (χ1) is 10.9. The van der Waals surface area contributed by atoms with E-state index in [1.165, 1.54) is 0 Å². The first-order valence-electron chi connectivity index (χ1n) is 8.43. The first kappa shape index (κ1) is 20.3. The van der Waals surface area contributed by atoms with Crippen molar-refractivity contribution >= 4 is 5.97 Å². The maximum absolute atomic E-state index is 11.0. The van der Waals surface area contributed by atoms with Crippen LogP contribution >= 0.6 is 0 Å². The van der Waals surface area contributed by atoms with Gasteiger partial charge >= 0.3 is 5.97 Å². The van der Waals surface area contributed by atoms with Crippen LogP contribution in [0.1, 0.15) is 58.8 Å². The number of aliphatic hydroxyl groups excluding tert-OH is 3. The van der Waals surface area contributed by atoms with E-state index in [-0.39, 0.29) is 6.42 Å². The summed E-state index contributed by atoms with van der Waals surface area (Å²) in [7, 11) is 0. The van der Waals surface area contributed by atoms with E-state index in [1.807, 2.05) is 0 Å². The Hall–Kier alpha value is -0.730. The number of ether oxygens (including phenoxy) is 2. The summed E-state index contributed by atoms with van der Waals surface area (Å²) >= 11 is 0. The van der Waals surface area contributed by atoms with Crippen LogP contribution in [0.4, 0.5) is 0 Å². The molecular weight excluding hydrogens is 304 g/mol. The van der Waals surface area contributed by atoms with Crippen LogP contribution in [0.25, 0.3) is 0 Å². The van der Waals surface area contributed by atoms with Gasteiger partial charge in [-0.25, -0.2) is 0 Å². The topological polar surface area (TPSA) is 116 Å². The lowest BCUT2D eigenvalue weighted by molar-refractivity contribution is -0.304. The van der Waals surface area contributed by atoms with Crippen LogP contribution in [0.15, 0.2) is 0 Å².